The molecule has 2 aromatic carbocycles. The van der Waals surface area contributed by atoms with Gasteiger partial charge in [-0.2, -0.15) is 87.8 Å². The molecule has 2 aromatic rings. The lowest BCUT2D eigenvalue weighted by molar-refractivity contribution is -0.403. The van der Waals surface area contributed by atoms with Crippen LogP contribution in [0, 0.1) is 0 Å². The van der Waals surface area contributed by atoms with E-state index in [1.54, 1.807) is 36.4 Å². The molecule has 0 fully saturated rings. The van der Waals surface area contributed by atoms with E-state index in [1.165, 1.54) is 0 Å². The first kappa shape index (κ1) is 39.7. The van der Waals surface area contributed by atoms with Crippen molar-refractivity contribution in [2.24, 2.45) is 0 Å². The molecule has 3 aliphatic carbocycles. The summed E-state index contributed by atoms with van der Waals surface area (Å²) < 4.78 is 290. The molecule has 2 unspecified atom stereocenters. The van der Waals surface area contributed by atoms with E-state index in [0.29, 0.717) is 17.2 Å². The van der Waals surface area contributed by atoms with Gasteiger partial charge in [0.1, 0.15) is 10.8 Å². The molecule has 2 atom stereocenters. The molecule has 0 saturated heterocycles. The van der Waals surface area contributed by atoms with Gasteiger partial charge in [0, 0.05) is 11.8 Å². The monoisotopic (exact) mass is 784 g/mol. The van der Waals surface area contributed by atoms with E-state index in [0.717, 1.165) is 6.08 Å². The Morgan fingerprint density at radius 2 is 0.788 bits per heavy atom. The van der Waals surface area contributed by atoms with Crippen LogP contribution in [0.5, 0.6) is 0 Å². The van der Waals surface area contributed by atoms with Crippen LogP contribution in [0.25, 0.3) is 12.2 Å². The molecule has 288 valence electrons. The second-order valence-corrected chi connectivity index (χ2v) is 12.8. The summed E-state index contributed by atoms with van der Waals surface area (Å²) in [6, 6.07) is 5.45. The predicted molar refractivity (Wildman–Crippen MR) is 142 cm³/mol. The maximum Gasteiger partial charge on any atom is 0.454 e. The van der Waals surface area contributed by atoms with Gasteiger partial charge in [0.15, 0.2) is 0 Å². The molecule has 3 aliphatic rings. The zero-order valence-electron chi connectivity index (χ0n) is 25.3. The molecule has 0 spiro atoms. The number of halogens is 20. The average Bonchev–Trinajstić information content (AvgIpc) is 3.59. The van der Waals surface area contributed by atoms with Crippen molar-refractivity contribution in [1.29, 1.82) is 0 Å². The van der Waals surface area contributed by atoms with Crippen molar-refractivity contribution in [3.8, 4) is 0 Å². The van der Waals surface area contributed by atoms with Crippen molar-refractivity contribution in [2.75, 3.05) is 0 Å². The second-order valence-electron chi connectivity index (χ2n) is 12.8. The lowest BCUT2D eigenvalue weighted by Gasteiger charge is -2.56. The Bertz CT molecular complexity index is 1710. The average molecular weight is 784 g/mol. The van der Waals surface area contributed by atoms with Crippen LogP contribution in [0.3, 0.4) is 0 Å². The van der Waals surface area contributed by atoms with E-state index in [4.69, 9.17) is 0 Å². The topological polar surface area (TPSA) is 0 Å². The van der Waals surface area contributed by atoms with Crippen LogP contribution < -0.4 is 0 Å². The van der Waals surface area contributed by atoms with Gasteiger partial charge in [-0.25, -0.2) is 0 Å². The van der Waals surface area contributed by atoms with Crippen LogP contribution >= 0.6 is 0 Å². The molecule has 20 heteroatoms. The number of hydrogen-bond donors (Lipinski definition) is 0. The van der Waals surface area contributed by atoms with Crippen LogP contribution in [0.2, 0.25) is 0 Å². The van der Waals surface area contributed by atoms with E-state index >= 15 is 35.1 Å². The predicted octanol–water partition coefficient (Wildman–Crippen LogP) is 12.4. The van der Waals surface area contributed by atoms with Crippen LogP contribution in [0.4, 0.5) is 87.8 Å². The second kappa shape index (κ2) is 11.5. The largest absolute Gasteiger partial charge is 0.454 e. The summed E-state index contributed by atoms with van der Waals surface area (Å²) in [7, 11) is 0. The first-order valence-corrected chi connectivity index (χ1v) is 14.8. The Morgan fingerprint density at radius 3 is 1.19 bits per heavy atom. The summed E-state index contributed by atoms with van der Waals surface area (Å²) in [6.45, 7) is 0. The van der Waals surface area contributed by atoms with E-state index in [2.05, 4.69) is 0 Å². The maximum atomic E-state index is 15.5. The van der Waals surface area contributed by atoms with E-state index < -0.39 is 118 Å². The normalized spacial score (nSPS) is 22.0. The van der Waals surface area contributed by atoms with Gasteiger partial charge in [-0.05, 0) is 59.1 Å². The van der Waals surface area contributed by atoms with Crippen LogP contribution in [-0.2, 0) is 10.8 Å². The SMILES string of the molecule is FC(F)(F)C(F)(F)C1(C(F)(F)C(F)(F)F)CCC(C(F)(F)C(F)(F)F)(C(F)(F)C(F)(F)F)c2cc3c(cc21)C=CC3CCC1C=Cc2ccccc21. The van der Waals surface area contributed by atoms with Gasteiger partial charge in [0.05, 0.1) is 0 Å². The minimum atomic E-state index is -7.54. The maximum absolute atomic E-state index is 15.5. The Morgan fingerprint density at radius 1 is 0.442 bits per heavy atom. The van der Waals surface area contributed by atoms with Gasteiger partial charge in [0.2, 0.25) is 0 Å². The molecular formula is C32H20F20. The van der Waals surface area contributed by atoms with Crippen molar-refractivity contribution >= 4 is 12.2 Å². The lowest BCUT2D eigenvalue weighted by Crippen LogP contribution is -2.74. The fraction of sp³-hybridized carbons (Fsp3) is 0.500. The highest BCUT2D eigenvalue weighted by Gasteiger charge is 2.91. The van der Waals surface area contributed by atoms with Gasteiger partial charge in [-0.1, -0.05) is 60.7 Å². The first-order valence-electron chi connectivity index (χ1n) is 14.8. The van der Waals surface area contributed by atoms with E-state index in [1.807, 2.05) is 0 Å². The Hall–Kier alpha value is -3.48. The highest BCUT2D eigenvalue weighted by atomic mass is 19.4. The molecule has 5 rings (SSSR count). The molecule has 0 aliphatic heterocycles. The molecule has 0 bridgehead atoms. The quantitative estimate of drug-likeness (QED) is 0.245. The van der Waals surface area contributed by atoms with E-state index in [9.17, 15) is 52.7 Å². The molecule has 0 saturated carbocycles. The Labute approximate surface area is 279 Å². The fourth-order valence-electron chi connectivity index (χ4n) is 7.63. The summed E-state index contributed by atoms with van der Waals surface area (Å²) in [5.41, 5.74) is -19.7. The van der Waals surface area contributed by atoms with Gasteiger partial charge >= 0.3 is 48.4 Å². The van der Waals surface area contributed by atoms with Gasteiger partial charge in [-0.15, -0.1) is 0 Å². The number of alkyl halides is 20. The third-order valence-corrected chi connectivity index (χ3v) is 10.2. The zero-order valence-corrected chi connectivity index (χ0v) is 25.3. The number of hydrogen-bond acceptors (Lipinski definition) is 0. The Kier molecular flexibility index (Phi) is 8.79. The fourth-order valence-corrected chi connectivity index (χ4v) is 7.63. The third-order valence-electron chi connectivity index (χ3n) is 10.2. The third kappa shape index (κ3) is 5.10. The molecular weight excluding hydrogens is 764 g/mol. The zero-order chi connectivity index (χ0) is 39.5. The number of fused-ring (bicyclic) bond motifs is 3. The van der Waals surface area contributed by atoms with E-state index in [-0.39, 0.29) is 12.8 Å². The molecule has 52 heavy (non-hydrogen) atoms. The first-order chi connectivity index (χ1) is 23.4. The number of benzene rings is 2. The van der Waals surface area contributed by atoms with Crippen LogP contribution in [0.15, 0.2) is 48.6 Å². The van der Waals surface area contributed by atoms with Crippen molar-refractivity contribution in [3.63, 3.8) is 0 Å². The van der Waals surface area contributed by atoms with Crippen molar-refractivity contribution in [3.05, 3.63) is 81.9 Å². The minimum absolute atomic E-state index is 0.0101. The summed E-state index contributed by atoms with van der Waals surface area (Å²) >= 11 is 0. The Balaban J connectivity index is 1.88. The van der Waals surface area contributed by atoms with Gasteiger partial charge in [0.25, 0.3) is 0 Å². The van der Waals surface area contributed by atoms with Gasteiger partial charge in [-0.3, -0.25) is 0 Å². The highest BCUT2D eigenvalue weighted by Crippen LogP contribution is 2.72. The molecule has 0 aromatic heterocycles. The summed E-state index contributed by atoms with van der Waals surface area (Å²) in [5, 5.41) is 0. The molecule has 0 radical (unpaired) electrons. The molecule has 0 heterocycles. The highest BCUT2D eigenvalue weighted by molar-refractivity contribution is 5.68. The van der Waals surface area contributed by atoms with Crippen molar-refractivity contribution < 1.29 is 87.8 Å². The number of allylic oxidation sites excluding steroid dienone is 2. The summed E-state index contributed by atoms with van der Waals surface area (Å²) in [4.78, 5) is 0. The standard InChI is InChI=1S/C32H20F20/c33-25(34,29(41,42)43)23(26(35,36)30(44,45)46)11-12-24(27(37,38)31(47,48)49,28(39,40)32(50,51)52)22-14-20-17(9-10-18(20)13-21(22)23)8-7-16-6-5-15-3-1-2-4-19(15)16/h1-6,9-10,13-14,16-17H,7-8,11-12H2. The lowest BCUT2D eigenvalue weighted by atomic mass is 9.51. The van der Waals surface area contributed by atoms with Crippen molar-refractivity contribution in [1.82, 2.24) is 0 Å². The molecule has 0 nitrogen and oxygen atoms in total. The summed E-state index contributed by atoms with van der Waals surface area (Å²) in [5.74, 6) is -32.0. The van der Waals surface area contributed by atoms with Crippen LogP contribution in [0.1, 0.15) is 70.9 Å². The number of rotatable bonds is 7. The smallest absolute Gasteiger partial charge is 0.195 e. The summed E-state index contributed by atoms with van der Waals surface area (Å²) in [6.07, 6.45) is -33.1. The molecule has 0 N–H and O–H groups in total. The van der Waals surface area contributed by atoms with Gasteiger partial charge < -0.3 is 0 Å². The van der Waals surface area contributed by atoms with Crippen LogP contribution in [-0.4, -0.2) is 48.4 Å². The minimum Gasteiger partial charge on any atom is -0.195 e. The van der Waals surface area contributed by atoms with Crippen molar-refractivity contribution in [2.45, 2.75) is 96.7 Å². The molecule has 0 amide bonds.